The minimum absolute atomic E-state index is 0.660. The van der Waals surface area contributed by atoms with Gasteiger partial charge < -0.3 is 9.47 Å². The van der Waals surface area contributed by atoms with Crippen molar-refractivity contribution in [2.45, 2.75) is 5.41 Å². The standard InChI is InChI=1S/C67H46N2/c1-6-20-47(21-7-1)49-34-39-55(40-35-49)68(56-41-36-50(37-42-56)48-22-8-2-9-23-48)64-45-43-57(51-38-44-63-60(46-51)58-30-17-19-33-62(58)69(63)54-28-14-5-15-29-54)66-65(64)59-31-16-18-32-61(59)67(66,52-24-10-3-11-25-52)53-26-12-4-13-27-53/h1-46H. The van der Waals surface area contributed by atoms with Crippen molar-refractivity contribution < 1.29 is 0 Å². The molecule has 12 aromatic rings. The number of nitrogens with zero attached hydrogens (tertiary/aromatic N) is 2. The minimum Gasteiger partial charge on any atom is -0.310 e. The van der Waals surface area contributed by atoms with Crippen molar-refractivity contribution >= 4 is 38.9 Å². The summed E-state index contributed by atoms with van der Waals surface area (Å²) < 4.78 is 2.40. The zero-order valence-electron chi connectivity index (χ0n) is 38.0. The lowest BCUT2D eigenvalue weighted by atomic mass is 9.66. The summed E-state index contributed by atoms with van der Waals surface area (Å²) in [5.74, 6) is 0. The highest BCUT2D eigenvalue weighted by Crippen LogP contribution is 2.62. The third-order valence-electron chi connectivity index (χ3n) is 14.3. The lowest BCUT2D eigenvalue weighted by molar-refractivity contribution is 0.770. The van der Waals surface area contributed by atoms with Crippen molar-refractivity contribution in [3.8, 4) is 50.2 Å². The molecule has 0 radical (unpaired) electrons. The van der Waals surface area contributed by atoms with Crippen LogP contribution in [0.1, 0.15) is 22.3 Å². The predicted molar refractivity (Wildman–Crippen MR) is 289 cm³/mol. The number of para-hydroxylation sites is 2. The molecular formula is C67H46N2. The minimum atomic E-state index is -0.660. The number of aromatic nitrogens is 1. The second-order valence-corrected chi connectivity index (χ2v) is 18.0. The SMILES string of the molecule is c1ccc(-c2ccc(N(c3ccc(-c4ccccc4)cc3)c3ccc(-c4ccc5c(c4)c4ccccc4n5-c4ccccc4)c4c3-c3ccccc3C4(c3ccccc3)c3ccccc3)cc2)cc1. The third kappa shape index (κ3) is 6.56. The zero-order chi connectivity index (χ0) is 45.7. The van der Waals surface area contributed by atoms with Gasteiger partial charge in [0, 0.05) is 33.4 Å². The molecule has 0 spiro atoms. The summed E-state index contributed by atoms with van der Waals surface area (Å²) in [6.45, 7) is 0. The van der Waals surface area contributed by atoms with Gasteiger partial charge in [0.15, 0.2) is 0 Å². The first-order valence-electron chi connectivity index (χ1n) is 23.8. The summed E-state index contributed by atoms with van der Waals surface area (Å²) in [6.07, 6.45) is 0. The maximum Gasteiger partial charge on any atom is 0.0720 e. The second kappa shape index (κ2) is 16.7. The molecule has 0 unspecified atom stereocenters. The van der Waals surface area contributed by atoms with E-state index in [0.717, 1.165) is 22.7 Å². The summed E-state index contributed by atoms with van der Waals surface area (Å²) in [5, 5.41) is 2.46. The number of benzene rings is 11. The van der Waals surface area contributed by atoms with Crippen molar-refractivity contribution in [2.24, 2.45) is 0 Å². The first kappa shape index (κ1) is 40.3. The van der Waals surface area contributed by atoms with E-state index < -0.39 is 5.41 Å². The van der Waals surface area contributed by atoms with Crippen LogP contribution in [-0.2, 0) is 5.41 Å². The van der Waals surface area contributed by atoms with Crippen LogP contribution in [0.2, 0.25) is 0 Å². The monoisotopic (exact) mass is 878 g/mol. The first-order valence-corrected chi connectivity index (χ1v) is 23.8. The molecule has 1 aliphatic rings. The Hall–Kier alpha value is -8.98. The second-order valence-electron chi connectivity index (χ2n) is 18.0. The Labute approximate surface area is 403 Å². The van der Waals surface area contributed by atoms with Crippen LogP contribution in [0.15, 0.2) is 279 Å². The van der Waals surface area contributed by atoms with Crippen LogP contribution in [-0.4, -0.2) is 4.57 Å². The summed E-state index contributed by atoms with van der Waals surface area (Å²) >= 11 is 0. The average molecular weight is 879 g/mol. The molecule has 324 valence electrons. The highest BCUT2D eigenvalue weighted by Gasteiger charge is 2.49. The van der Waals surface area contributed by atoms with E-state index in [9.17, 15) is 0 Å². The Morgan fingerprint density at radius 2 is 0.783 bits per heavy atom. The number of anilines is 3. The van der Waals surface area contributed by atoms with Gasteiger partial charge in [0.05, 0.1) is 22.1 Å². The Bertz CT molecular complexity index is 3660. The van der Waals surface area contributed by atoms with Gasteiger partial charge in [-0.3, -0.25) is 0 Å². The largest absolute Gasteiger partial charge is 0.310 e. The van der Waals surface area contributed by atoms with Crippen LogP contribution in [0.3, 0.4) is 0 Å². The van der Waals surface area contributed by atoms with E-state index in [1.165, 1.54) is 88.6 Å². The normalized spacial score (nSPS) is 12.5. The van der Waals surface area contributed by atoms with Gasteiger partial charge >= 0.3 is 0 Å². The van der Waals surface area contributed by atoms with E-state index in [0.29, 0.717) is 0 Å². The molecule has 0 saturated carbocycles. The predicted octanol–water partition coefficient (Wildman–Crippen LogP) is 17.6. The van der Waals surface area contributed by atoms with Gasteiger partial charge in [0.2, 0.25) is 0 Å². The van der Waals surface area contributed by atoms with Gasteiger partial charge in [-0.05, 0) is 122 Å². The van der Waals surface area contributed by atoms with E-state index in [1.54, 1.807) is 0 Å². The Morgan fingerprint density at radius 1 is 0.319 bits per heavy atom. The Morgan fingerprint density at radius 3 is 1.38 bits per heavy atom. The van der Waals surface area contributed by atoms with Gasteiger partial charge in [-0.25, -0.2) is 0 Å². The zero-order valence-corrected chi connectivity index (χ0v) is 38.0. The van der Waals surface area contributed by atoms with Crippen molar-refractivity contribution in [1.82, 2.24) is 4.57 Å². The van der Waals surface area contributed by atoms with Crippen LogP contribution in [0.25, 0.3) is 72.0 Å². The molecule has 13 rings (SSSR count). The van der Waals surface area contributed by atoms with Crippen LogP contribution >= 0.6 is 0 Å². The topological polar surface area (TPSA) is 8.17 Å². The van der Waals surface area contributed by atoms with Crippen LogP contribution in [0.5, 0.6) is 0 Å². The number of fused-ring (bicyclic) bond motifs is 6. The molecule has 0 saturated heterocycles. The maximum atomic E-state index is 2.48. The van der Waals surface area contributed by atoms with Crippen LogP contribution in [0.4, 0.5) is 17.1 Å². The smallest absolute Gasteiger partial charge is 0.0720 e. The number of rotatable bonds is 9. The van der Waals surface area contributed by atoms with Gasteiger partial charge in [-0.1, -0.05) is 218 Å². The number of hydrogen-bond acceptors (Lipinski definition) is 1. The Balaban J connectivity index is 1.12. The van der Waals surface area contributed by atoms with Gasteiger partial charge in [-0.15, -0.1) is 0 Å². The molecule has 1 aromatic heterocycles. The van der Waals surface area contributed by atoms with Crippen LogP contribution < -0.4 is 4.90 Å². The quantitative estimate of drug-likeness (QED) is 0.140. The summed E-state index contributed by atoms with van der Waals surface area (Å²) in [7, 11) is 0. The van der Waals surface area contributed by atoms with E-state index >= 15 is 0 Å². The van der Waals surface area contributed by atoms with Gasteiger partial charge in [0.1, 0.15) is 0 Å². The summed E-state index contributed by atoms with van der Waals surface area (Å²) in [6, 6.07) is 102. The molecule has 0 fully saturated rings. The third-order valence-corrected chi connectivity index (χ3v) is 14.3. The van der Waals surface area contributed by atoms with E-state index in [1.807, 2.05) is 0 Å². The van der Waals surface area contributed by atoms with Crippen molar-refractivity contribution in [3.05, 3.63) is 301 Å². The molecule has 2 nitrogen and oxygen atoms in total. The molecular weight excluding hydrogens is 833 g/mol. The molecule has 1 aliphatic carbocycles. The van der Waals surface area contributed by atoms with Crippen LogP contribution in [0, 0.1) is 0 Å². The fourth-order valence-electron chi connectivity index (χ4n) is 11.3. The maximum absolute atomic E-state index is 2.48. The fourth-order valence-corrected chi connectivity index (χ4v) is 11.3. The Kier molecular flexibility index (Phi) is 9.77. The highest BCUT2D eigenvalue weighted by molar-refractivity contribution is 6.11. The fraction of sp³-hybridized carbons (Fsp3) is 0.0149. The average Bonchev–Trinajstić information content (AvgIpc) is 3.94. The molecule has 0 N–H and O–H groups in total. The van der Waals surface area contributed by atoms with Gasteiger partial charge in [-0.2, -0.15) is 0 Å². The van der Waals surface area contributed by atoms with E-state index in [2.05, 4.69) is 289 Å². The first-order chi connectivity index (χ1) is 34.3. The molecule has 11 aromatic carbocycles. The van der Waals surface area contributed by atoms with Crippen molar-refractivity contribution in [1.29, 1.82) is 0 Å². The summed E-state index contributed by atoms with van der Waals surface area (Å²) in [5.41, 5.74) is 20.8. The number of hydrogen-bond donors (Lipinski definition) is 0. The lowest BCUT2D eigenvalue weighted by Crippen LogP contribution is -2.29. The molecule has 1 heterocycles. The molecule has 0 atom stereocenters. The molecule has 69 heavy (non-hydrogen) atoms. The molecule has 0 aliphatic heterocycles. The summed E-state index contributed by atoms with van der Waals surface area (Å²) in [4.78, 5) is 2.48. The van der Waals surface area contributed by atoms with E-state index in [-0.39, 0.29) is 0 Å². The molecule has 2 heteroatoms. The van der Waals surface area contributed by atoms with E-state index in [4.69, 9.17) is 0 Å². The van der Waals surface area contributed by atoms with Crippen molar-refractivity contribution in [2.75, 3.05) is 4.90 Å². The van der Waals surface area contributed by atoms with Gasteiger partial charge in [0.25, 0.3) is 0 Å². The molecule has 0 amide bonds. The molecule has 0 bridgehead atoms. The lowest BCUT2D eigenvalue weighted by Gasteiger charge is -2.36. The highest BCUT2D eigenvalue weighted by atomic mass is 15.1. The van der Waals surface area contributed by atoms with Crippen molar-refractivity contribution in [3.63, 3.8) is 0 Å².